The number of likely N-dealkylation sites (tertiary alicyclic amines) is 1. The van der Waals surface area contributed by atoms with E-state index in [0.29, 0.717) is 12.5 Å². The van der Waals surface area contributed by atoms with Crippen LogP contribution in [0.2, 0.25) is 0 Å². The van der Waals surface area contributed by atoms with Gasteiger partial charge < -0.3 is 14.4 Å². The zero-order chi connectivity index (χ0) is 16.8. The van der Waals surface area contributed by atoms with Gasteiger partial charge in [-0.1, -0.05) is 33.6 Å². The first-order valence-corrected chi connectivity index (χ1v) is 8.87. The van der Waals surface area contributed by atoms with E-state index in [2.05, 4.69) is 20.8 Å². The van der Waals surface area contributed by atoms with Crippen LogP contribution in [0, 0.1) is 5.92 Å². The summed E-state index contributed by atoms with van der Waals surface area (Å²) in [5.74, 6) is 0.611. The average molecular weight is 313 g/mol. The topological polar surface area (TPSA) is 38.8 Å². The smallest absolute Gasteiger partial charge is 0.410 e. The van der Waals surface area contributed by atoms with Crippen molar-refractivity contribution >= 4 is 6.09 Å². The number of ether oxygens (including phenoxy) is 2. The first-order chi connectivity index (χ1) is 10.2. The first kappa shape index (κ1) is 19.3. The third-order valence-electron chi connectivity index (χ3n) is 4.62. The van der Waals surface area contributed by atoms with E-state index < -0.39 is 5.60 Å². The summed E-state index contributed by atoms with van der Waals surface area (Å²) in [5.41, 5.74) is -0.641. The molecule has 0 aromatic rings. The summed E-state index contributed by atoms with van der Waals surface area (Å²) < 4.78 is 11.8. The van der Waals surface area contributed by atoms with Crippen molar-refractivity contribution in [1.82, 2.24) is 4.90 Å². The predicted molar refractivity (Wildman–Crippen MR) is 90.1 cm³/mol. The maximum Gasteiger partial charge on any atom is 0.410 e. The molecule has 1 atom stereocenters. The van der Waals surface area contributed by atoms with Gasteiger partial charge >= 0.3 is 6.09 Å². The second-order valence-electron chi connectivity index (χ2n) is 7.54. The number of nitrogens with zero attached hydrogens (tertiary/aromatic N) is 1. The molecule has 0 saturated carbocycles. The molecule has 4 heteroatoms. The van der Waals surface area contributed by atoms with Gasteiger partial charge in [0.15, 0.2) is 0 Å². The summed E-state index contributed by atoms with van der Waals surface area (Å²) in [6.07, 6.45) is 5.03. The summed E-state index contributed by atoms with van der Waals surface area (Å²) in [6.45, 7) is 14.5. The van der Waals surface area contributed by atoms with Crippen molar-refractivity contribution in [2.45, 2.75) is 84.8 Å². The molecule has 1 unspecified atom stereocenters. The summed E-state index contributed by atoms with van der Waals surface area (Å²) in [5, 5.41) is 0. The Balaban J connectivity index is 2.66. The molecule has 1 heterocycles. The average Bonchev–Trinajstić information content (AvgIpc) is 2.47. The number of carbonyl (C=O) groups excluding carboxylic acids is 1. The van der Waals surface area contributed by atoms with Crippen LogP contribution < -0.4 is 0 Å². The van der Waals surface area contributed by atoms with Gasteiger partial charge in [-0.3, -0.25) is 0 Å². The molecule has 1 fully saturated rings. The Kier molecular flexibility index (Phi) is 7.17. The lowest BCUT2D eigenvalue weighted by molar-refractivity contribution is -0.104. The molecule has 1 rings (SSSR count). The van der Waals surface area contributed by atoms with Crippen LogP contribution in [-0.2, 0) is 9.47 Å². The fourth-order valence-corrected chi connectivity index (χ4v) is 2.91. The Morgan fingerprint density at radius 2 is 1.86 bits per heavy atom. The van der Waals surface area contributed by atoms with Gasteiger partial charge in [-0.05, 0) is 46.0 Å². The highest BCUT2D eigenvalue weighted by molar-refractivity contribution is 5.68. The fourth-order valence-electron chi connectivity index (χ4n) is 2.91. The zero-order valence-corrected chi connectivity index (χ0v) is 15.4. The van der Waals surface area contributed by atoms with E-state index in [1.54, 1.807) is 0 Å². The molecule has 0 bridgehead atoms. The van der Waals surface area contributed by atoms with E-state index in [0.717, 1.165) is 45.3 Å². The van der Waals surface area contributed by atoms with Crippen LogP contribution in [0.25, 0.3) is 0 Å². The molecule has 0 aromatic carbocycles. The molecule has 0 spiro atoms. The molecule has 0 N–H and O–H groups in total. The molecule has 1 saturated heterocycles. The Hall–Kier alpha value is -0.770. The zero-order valence-electron chi connectivity index (χ0n) is 15.4. The minimum absolute atomic E-state index is 0.197. The third kappa shape index (κ3) is 5.79. The largest absolute Gasteiger partial charge is 0.444 e. The molecule has 0 aliphatic carbocycles. The van der Waals surface area contributed by atoms with Crippen LogP contribution in [0.5, 0.6) is 0 Å². The predicted octanol–water partition coefficient (Wildman–Crippen LogP) is 4.62. The Morgan fingerprint density at radius 1 is 1.23 bits per heavy atom. The van der Waals surface area contributed by atoms with Crippen LogP contribution in [0.15, 0.2) is 0 Å². The van der Waals surface area contributed by atoms with Gasteiger partial charge in [0, 0.05) is 6.54 Å². The SMILES string of the molecule is CCC(CC)COC1(CC)CCCN(C(=O)OC(C)(C)C)C1. The van der Waals surface area contributed by atoms with Gasteiger partial charge in [0.2, 0.25) is 0 Å². The fraction of sp³-hybridized carbons (Fsp3) is 0.944. The van der Waals surface area contributed by atoms with E-state index in [-0.39, 0.29) is 11.7 Å². The monoisotopic (exact) mass is 313 g/mol. The Labute approximate surface area is 136 Å². The van der Waals surface area contributed by atoms with Crippen molar-refractivity contribution in [3.8, 4) is 0 Å². The number of hydrogen-bond acceptors (Lipinski definition) is 3. The van der Waals surface area contributed by atoms with Gasteiger partial charge in [0.25, 0.3) is 0 Å². The maximum absolute atomic E-state index is 12.3. The highest BCUT2D eigenvalue weighted by Crippen LogP contribution is 2.30. The molecule has 0 aromatic heterocycles. The molecule has 1 amide bonds. The molecular formula is C18H35NO3. The van der Waals surface area contributed by atoms with Crippen molar-refractivity contribution in [3.63, 3.8) is 0 Å². The Bertz CT molecular complexity index is 347. The highest BCUT2D eigenvalue weighted by Gasteiger charge is 2.38. The second-order valence-corrected chi connectivity index (χ2v) is 7.54. The van der Waals surface area contributed by atoms with Crippen LogP contribution >= 0.6 is 0 Å². The van der Waals surface area contributed by atoms with Gasteiger partial charge in [-0.15, -0.1) is 0 Å². The molecule has 22 heavy (non-hydrogen) atoms. The van der Waals surface area contributed by atoms with Crippen molar-refractivity contribution in [2.24, 2.45) is 5.92 Å². The second kappa shape index (κ2) is 8.19. The minimum Gasteiger partial charge on any atom is -0.444 e. The summed E-state index contributed by atoms with van der Waals surface area (Å²) >= 11 is 0. The van der Waals surface area contributed by atoms with E-state index in [4.69, 9.17) is 9.47 Å². The van der Waals surface area contributed by atoms with E-state index in [9.17, 15) is 4.79 Å². The van der Waals surface area contributed by atoms with Gasteiger partial charge in [-0.25, -0.2) is 4.79 Å². The lowest BCUT2D eigenvalue weighted by atomic mass is 9.89. The van der Waals surface area contributed by atoms with Crippen molar-refractivity contribution in [1.29, 1.82) is 0 Å². The van der Waals surface area contributed by atoms with Gasteiger partial charge in [0.05, 0.1) is 18.8 Å². The summed E-state index contributed by atoms with van der Waals surface area (Å²) in [7, 11) is 0. The lowest BCUT2D eigenvalue weighted by Crippen LogP contribution is -2.53. The normalized spacial score (nSPS) is 23.0. The number of carbonyl (C=O) groups is 1. The lowest BCUT2D eigenvalue weighted by Gasteiger charge is -2.43. The number of rotatable bonds is 6. The van der Waals surface area contributed by atoms with Crippen LogP contribution in [0.1, 0.15) is 73.6 Å². The number of hydrogen-bond donors (Lipinski definition) is 0. The summed E-state index contributed by atoms with van der Waals surface area (Å²) in [4.78, 5) is 14.1. The van der Waals surface area contributed by atoms with Crippen LogP contribution in [0.4, 0.5) is 4.79 Å². The van der Waals surface area contributed by atoms with E-state index in [1.807, 2.05) is 25.7 Å². The van der Waals surface area contributed by atoms with Crippen LogP contribution in [-0.4, -0.2) is 41.9 Å². The number of piperidine rings is 1. The Morgan fingerprint density at radius 3 is 2.36 bits per heavy atom. The first-order valence-electron chi connectivity index (χ1n) is 8.87. The molecule has 0 radical (unpaired) electrons. The standard InChI is InChI=1S/C18H35NO3/c1-7-15(8-2)13-21-18(9-3)11-10-12-19(14-18)16(20)22-17(4,5)6/h15H,7-14H2,1-6H3. The third-order valence-corrected chi connectivity index (χ3v) is 4.62. The van der Waals surface area contributed by atoms with Gasteiger partial charge in [0.1, 0.15) is 5.60 Å². The molecular weight excluding hydrogens is 278 g/mol. The number of amides is 1. The molecule has 1 aliphatic rings. The maximum atomic E-state index is 12.3. The van der Waals surface area contributed by atoms with Crippen LogP contribution in [0.3, 0.4) is 0 Å². The quantitative estimate of drug-likeness (QED) is 0.718. The van der Waals surface area contributed by atoms with Crippen molar-refractivity contribution in [2.75, 3.05) is 19.7 Å². The van der Waals surface area contributed by atoms with E-state index in [1.165, 1.54) is 0 Å². The minimum atomic E-state index is -0.445. The molecule has 1 aliphatic heterocycles. The van der Waals surface area contributed by atoms with Crippen molar-refractivity contribution in [3.05, 3.63) is 0 Å². The summed E-state index contributed by atoms with van der Waals surface area (Å²) in [6, 6.07) is 0. The van der Waals surface area contributed by atoms with Gasteiger partial charge in [-0.2, -0.15) is 0 Å². The van der Waals surface area contributed by atoms with E-state index >= 15 is 0 Å². The highest BCUT2D eigenvalue weighted by atomic mass is 16.6. The molecule has 130 valence electrons. The van der Waals surface area contributed by atoms with Crippen molar-refractivity contribution < 1.29 is 14.3 Å². The molecule has 4 nitrogen and oxygen atoms in total.